The minimum absolute atomic E-state index is 0.270. The van der Waals surface area contributed by atoms with Crippen LogP contribution in [0.4, 0.5) is 0 Å². The number of ether oxygens (including phenoxy) is 1. The minimum Gasteiger partial charge on any atom is -0.381 e. The van der Waals surface area contributed by atoms with Crippen molar-refractivity contribution in [1.29, 1.82) is 0 Å². The van der Waals surface area contributed by atoms with Crippen LogP contribution in [0, 0.1) is 5.92 Å². The molecule has 2 heterocycles. The maximum Gasteiger partial charge on any atom is 0.242 e. The Morgan fingerprint density at radius 1 is 1.61 bits per heavy atom. The Morgan fingerprint density at radius 3 is 2.94 bits per heavy atom. The van der Waals surface area contributed by atoms with Crippen molar-refractivity contribution >= 4 is 37.3 Å². The molecule has 1 aromatic heterocycles. The third kappa shape index (κ3) is 3.31. The zero-order valence-electron chi connectivity index (χ0n) is 9.69. The quantitative estimate of drug-likeness (QED) is 0.834. The Balaban J connectivity index is 2.06. The molecule has 3 N–H and O–H groups in total. The van der Waals surface area contributed by atoms with Crippen LogP contribution in [-0.4, -0.2) is 28.2 Å². The average Bonchev–Trinajstić information content (AvgIpc) is 2.95. The number of nitrogens with one attached hydrogen (secondary N) is 1. The molecule has 18 heavy (non-hydrogen) atoms. The molecule has 0 aliphatic carbocycles. The maximum atomic E-state index is 12.1. The minimum atomic E-state index is -3.47. The van der Waals surface area contributed by atoms with Crippen molar-refractivity contribution in [2.75, 3.05) is 19.8 Å². The van der Waals surface area contributed by atoms with E-state index in [2.05, 4.69) is 20.7 Å². The van der Waals surface area contributed by atoms with E-state index in [1.807, 2.05) is 0 Å². The van der Waals surface area contributed by atoms with Gasteiger partial charge in [0.05, 0.1) is 10.4 Å². The van der Waals surface area contributed by atoms with Gasteiger partial charge in [0.25, 0.3) is 0 Å². The summed E-state index contributed by atoms with van der Waals surface area (Å²) in [5.74, 6) is 0.270. The highest BCUT2D eigenvalue weighted by Crippen LogP contribution is 2.31. The normalized spacial score (nSPS) is 20.4. The van der Waals surface area contributed by atoms with Gasteiger partial charge in [-0.3, -0.25) is 0 Å². The summed E-state index contributed by atoms with van der Waals surface area (Å²) in [6.45, 7) is 2.10. The van der Waals surface area contributed by atoms with Crippen LogP contribution in [0.1, 0.15) is 11.3 Å². The summed E-state index contributed by atoms with van der Waals surface area (Å²) in [6, 6.07) is 1.61. The van der Waals surface area contributed by atoms with E-state index >= 15 is 0 Å². The molecule has 0 bridgehead atoms. The van der Waals surface area contributed by atoms with Gasteiger partial charge in [-0.2, -0.15) is 0 Å². The molecule has 8 heteroatoms. The van der Waals surface area contributed by atoms with Crippen LogP contribution in [-0.2, 0) is 21.3 Å². The highest BCUT2D eigenvalue weighted by atomic mass is 79.9. The summed E-state index contributed by atoms with van der Waals surface area (Å²) in [4.78, 5) is 1.11. The molecule has 1 unspecified atom stereocenters. The lowest BCUT2D eigenvalue weighted by atomic mass is 10.1. The Hall–Kier alpha value is 0.01000. The second-order valence-corrected chi connectivity index (χ2v) is 8.33. The van der Waals surface area contributed by atoms with Crippen LogP contribution in [0.25, 0.3) is 0 Å². The molecule has 5 nitrogen and oxygen atoms in total. The molecule has 1 aliphatic heterocycles. The van der Waals surface area contributed by atoms with Crippen molar-refractivity contribution in [3.05, 3.63) is 14.7 Å². The smallest absolute Gasteiger partial charge is 0.242 e. The van der Waals surface area contributed by atoms with Crippen LogP contribution in [0.5, 0.6) is 0 Å². The maximum absolute atomic E-state index is 12.1. The standard InChI is InChI=1S/C10H15BrN2O3S2/c11-10-9(3-8(4-12)17-10)18(14,15)13-5-7-1-2-16-6-7/h3,7,13H,1-2,4-6,12H2. The van der Waals surface area contributed by atoms with Gasteiger partial charge < -0.3 is 10.5 Å². The first-order chi connectivity index (χ1) is 8.53. The zero-order chi connectivity index (χ0) is 13.2. The summed E-state index contributed by atoms with van der Waals surface area (Å²) in [6.07, 6.45) is 0.904. The lowest BCUT2D eigenvalue weighted by molar-refractivity contribution is 0.186. The van der Waals surface area contributed by atoms with Crippen molar-refractivity contribution in [2.24, 2.45) is 11.7 Å². The van der Waals surface area contributed by atoms with Crippen LogP contribution < -0.4 is 10.5 Å². The van der Waals surface area contributed by atoms with Gasteiger partial charge >= 0.3 is 0 Å². The van der Waals surface area contributed by atoms with Crippen LogP contribution in [0.2, 0.25) is 0 Å². The van der Waals surface area contributed by atoms with E-state index in [0.717, 1.165) is 11.3 Å². The van der Waals surface area contributed by atoms with Gasteiger partial charge in [0.2, 0.25) is 10.0 Å². The second-order valence-electron chi connectivity index (χ2n) is 4.14. The number of hydrogen-bond acceptors (Lipinski definition) is 5. The summed E-state index contributed by atoms with van der Waals surface area (Å²) in [5.41, 5.74) is 5.51. The predicted molar refractivity (Wildman–Crippen MR) is 74.0 cm³/mol. The van der Waals surface area contributed by atoms with E-state index in [0.29, 0.717) is 30.1 Å². The Bertz CT molecular complexity index is 509. The Labute approximate surface area is 119 Å². The predicted octanol–water partition coefficient (Wildman–Crippen LogP) is 1.28. The fraction of sp³-hybridized carbons (Fsp3) is 0.600. The van der Waals surface area contributed by atoms with E-state index in [1.165, 1.54) is 11.3 Å². The Morgan fingerprint density at radius 2 is 2.39 bits per heavy atom. The van der Waals surface area contributed by atoms with Crippen molar-refractivity contribution in [3.8, 4) is 0 Å². The van der Waals surface area contributed by atoms with Gasteiger partial charge in [-0.15, -0.1) is 11.3 Å². The molecule has 2 rings (SSSR count). The number of nitrogens with two attached hydrogens (primary N) is 1. The molecular formula is C10H15BrN2O3S2. The van der Waals surface area contributed by atoms with Crippen molar-refractivity contribution in [2.45, 2.75) is 17.9 Å². The number of hydrogen-bond donors (Lipinski definition) is 2. The summed E-state index contributed by atoms with van der Waals surface area (Å²) in [7, 11) is -3.47. The SMILES string of the molecule is NCc1cc(S(=O)(=O)NCC2CCOC2)c(Br)s1. The van der Waals surface area contributed by atoms with Gasteiger partial charge in [-0.25, -0.2) is 13.1 Å². The van der Waals surface area contributed by atoms with Crippen molar-refractivity contribution in [1.82, 2.24) is 4.72 Å². The molecule has 0 aromatic carbocycles. The molecule has 1 aliphatic rings. The van der Waals surface area contributed by atoms with E-state index in [9.17, 15) is 8.42 Å². The monoisotopic (exact) mass is 354 g/mol. The molecule has 102 valence electrons. The summed E-state index contributed by atoms with van der Waals surface area (Å²) >= 11 is 4.61. The topological polar surface area (TPSA) is 81.4 Å². The van der Waals surface area contributed by atoms with Crippen molar-refractivity contribution < 1.29 is 13.2 Å². The molecule has 1 aromatic rings. The molecular weight excluding hydrogens is 340 g/mol. The summed E-state index contributed by atoms with van der Waals surface area (Å²) in [5, 5.41) is 0. The van der Waals surface area contributed by atoms with Gasteiger partial charge in [-0.1, -0.05) is 0 Å². The molecule has 0 amide bonds. The van der Waals surface area contributed by atoms with Gasteiger partial charge in [0.15, 0.2) is 0 Å². The second kappa shape index (κ2) is 5.98. The highest BCUT2D eigenvalue weighted by Gasteiger charge is 2.23. The van der Waals surface area contributed by atoms with Gasteiger partial charge in [-0.05, 0) is 34.3 Å². The first-order valence-corrected chi connectivity index (χ1v) is 8.68. The van der Waals surface area contributed by atoms with Crippen LogP contribution in [0.15, 0.2) is 14.7 Å². The molecule has 1 fully saturated rings. The number of rotatable bonds is 5. The van der Waals surface area contributed by atoms with Gasteiger partial charge in [0, 0.05) is 24.6 Å². The van der Waals surface area contributed by atoms with Crippen LogP contribution in [0.3, 0.4) is 0 Å². The van der Waals surface area contributed by atoms with E-state index < -0.39 is 10.0 Å². The number of halogens is 1. The van der Waals surface area contributed by atoms with E-state index in [1.54, 1.807) is 6.07 Å². The number of sulfonamides is 1. The number of thiophene rings is 1. The van der Waals surface area contributed by atoms with E-state index in [4.69, 9.17) is 10.5 Å². The molecule has 0 radical (unpaired) electrons. The molecule has 0 spiro atoms. The van der Waals surface area contributed by atoms with Crippen molar-refractivity contribution in [3.63, 3.8) is 0 Å². The lowest BCUT2D eigenvalue weighted by Crippen LogP contribution is -2.29. The largest absolute Gasteiger partial charge is 0.381 e. The first-order valence-electron chi connectivity index (χ1n) is 5.58. The average molecular weight is 355 g/mol. The molecule has 1 atom stereocenters. The van der Waals surface area contributed by atoms with Gasteiger partial charge in [0.1, 0.15) is 4.90 Å². The fourth-order valence-electron chi connectivity index (χ4n) is 1.73. The molecule has 1 saturated heterocycles. The highest BCUT2D eigenvalue weighted by molar-refractivity contribution is 9.11. The van der Waals surface area contributed by atoms with E-state index in [-0.39, 0.29) is 10.8 Å². The molecule has 0 saturated carbocycles. The zero-order valence-corrected chi connectivity index (χ0v) is 12.9. The third-order valence-corrected chi connectivity index (χ3v) is 6.48. The fourth-order valence-corrected chi connectivity index (χ4v) is 5.41. The summed E-state index contributed by atoms with van der Waals surface area (Å²) < 4.78 is 32.7. The van der Waals surface area contributed by atoms with Crippen LogP contribution >= 0.6 is 27.3 Å². The lowest BCUT2D eigenvalue weighted by Gasteiger charge is -2.09. The third-order valence-electron chi connectivity index (χ3n) is 2.78. The Kier molecular flexibility index (Phi) is 4.79. The first kappa shape index (κ1) is 14.4.